The molecule has 4 heterocycles. The van der Waals surface area contributed by atoms with E-state index in [1.165, 1.54) is 0 Å². The number of aromatic carboxylic acids is 1. The Kier molecular flexibility index (Phi) is 8.49. The molecule has 0 aliphatic carbocycles. The van der Waals surface area contributed by atoms with E-state index < -0.39 is 5.97 Å². The Balaban J connectivity index is 1.29. The van der Waals surface area contributed by atoms with Gasteiger partial charge in [-0.2, -0.15) is 5.10 Å². The van der Waals surface area contributed by atoms with Crippen molar-refractivity contribution in [1.82, 2.24) is 19.2 Å². The molecule has 3 aromatic carbocycles. The number of rotatable bonds is 8. The molecule has 2 aromatic heterocycles. The Labute approximate surface area is 268 Å². The topological polar surface area (TPSA) is 98.8 Å². The van der Waals surface area contributed by atoms with Crippen LogP contribution in [0.4, 0.5) is 0 Å². The normalized spacial score (nSPS) is 15.6. The predicted molar refractivity (Wildman–Crippen MR) is 177 cm³/mol. The van der Waals surface area contributed by atoms with Crippen LogP contribution in [0.2, 0.25) is 0 Å². The monoisotopic (exact) mass is 620 g/mol. The number of hydrogen-bond acceptors (Lipinski definition) is 5. The van der Waals surface area contributed by atoms with Gasteiger partial charge in [-0.15, -0.1) is 0 Å². The molecule has 2 aliphatic heterocycles. The van der Waals surface area contributed by atoms with Crippen molar-refractivity contribution >= 4 is 33.6 Å². The van der Waals surface area contributed by atoms with Gasteiger partial charge in [-0.1, -0.05) is 54.6 Å². The number of fused-ring (bicyclic) bond motifs is 3. The number of carboxylic acid groups (broad SMARTS) is 1. The maximum Gasteiger partial charge on any atom is 0.352 e. The van der Waals surface area contributed by atoms with Crippen LogP contribution in [-0.2, 0) is 42.7 Å². The highest BCUT2D eigenvalue weighted by molar-refractivity contribution is 6.04. The first-order chi connectivity index (χ1) is 22.5. The van der Waals surface area contributed by atoms with Crippen molar-refractivity contribution in [2.75, 3.05) is 19.8 Å². The quantitative estimate of drug-likeness (QED) is 0.193. The average Bonchev–Trinajstić information content (AvgIpc) is 3.54. The molecule has 0 bridgehead atoms. The van der Waals surface area contributed by atoms with E-state index in [0.717, 1.165) is 87.7 Å². The van der Waals surface area contributed by atoms with Crippen LogP contribution in [0.5, 0.6) is 5.75 Å². The SMILES string of the molecule is Cn1nc(CN2CCCCC2=O)c2c1COCCCCn1c(C(=O)O)c(CCCOc3cccc4ccccc34)c3cccc-2c31. The molecule has 5 aromatic rings. The van der Waals surface area contributed by atoms with Crippen molar-refractivity contribution in [2.24, 2.45) is 7.05 Å². The Bertz CT molecular complexity index is 1920. The number of benzene rings is 3. The van der Waals surface area contributed by atoms with Crippen molar-refractivity contribution < 1.29 is 24.2 Å². The van der Waals surface area contributed by atoms with E-state index >= 15 is 0 Å². The van der Waals surface area contributed by atoms with Crippen LogP contribution in [0, 0.1) is 0 Å². The molecule has 0 spiro atoms. The minimum atomic E-state index is -0.927. The van der Waals surface area contributed by atoms with E-state index in [1.807, 2.05) is 57.6 Å². The highest BCUT2D eigenvalue weighted by Crippen LogP contribution is 2.39. The van der Waals surface area contributed by atoms with Gasteiger partial charge in [0, 0.05) is 55.1 Å². The zero-order valence-electron chi connectivity index (χ0n) is 26.3. The number of hydrogen-bond donors (Lipinski definition) is 1. The minimum absolute atomic E-state index is 0.154. The largest absolute Gasteiger partial charge is 0.493 e. The fraction of sp³-hybridized carbons (Fsp3) is 0.378. The van der Waals surface area contributed by atoms with Crippen molar-refractivity contribution in [3.8, 4) is 16.9 Å². The Morgan fingerprint density at radius 3 is 2.65 bits per heavy atom. The number of likely N-dealkylation sites (tertiary alicyclic amines) is 1. The fourth-order valence-corrected chi connectivity index (χ4v) is 7.22. The molecule has 9 nitrogen and oxygen atoms in total. The van der Waals surface area contributed by atoms with Crippen molar-refractivity contribution in [2.45, 2.75) is 64.6 Å². The van der Waals surface area contributed by atoms with E-state index in [0.29, 0.717) is 57.9 Å². The number of aromatic nitrogens is 3. The van der Waals surface area contributed by atoms with Gasteiger partial charge < -0.3 is 24.0 Å². The zero-order chi connectivity index (χ0) is 31.6. The molecule has 1 amide bonds. The predicted octanol–water partition coefficient (Wildman–Crippen LogP) is 6.73. The molecular weight excluding hydrogens is 580 g/mol. The molecule has 0 saturated carbocycles. The highest BCUT2D eigenvalue weighted by atomic mass is 16.5. The molecule has 46 heavy (non-hydrogen) atoms. The number of aryl methyl sites for hydroxylation is 3. The zero-order valence-corrected chi connectivity index (χ0v) is 26.3. The van der Waals surface area contributed by atoms with E-state index in [1.54, 1.807) is 0 Å². The summed E-state index contributed by atoms with van der Waals surface area (Å²) in [5.74, 6) is 0.0619. The highest BCUT2D eigenvalue weighted by Gasteiger charge is 2.29. The van der Waals surface area contributed by atoms with Crippen molar-refractivity contribution in [3.05, 3.63) is 83.3 Å². The van der Waals surface area contributed by atoms with Crippen LogP contribution in [-0.4, -0.2) is 56.0 Å². The molecule has 1 fully saturated rings. The summed E-state index contributed by atoms with van der Waals surface area (Å²) in [7, 11) is 1.92. The second-order valence-electron chi connectivity index (χ2n) is 12.3. The van der Waals surface area contributed by atoms with Gasteiger partial charge in [-0.05, 0) is 55.5 Å². The number of piperidine rings is 1. The van der Waals surface area contributed by atoms with Gasteiger partial charge in [0.1, 0.15) is 11.4 Å². The van der Waals surface area contributed by atoms with Gasteiger partial charge in [0.25, 0.3) is 0 Å². The average molecular weight is 621 g/mol. The molecule has 9 heteroatoms. The number of nitrogens with zero attached hydrogens (tertiary/aromatic N) is 4. The molecular formula is C37H40N4O5. The van der Waals surface area contributed by atoms with Gasteiger partial charge in [0.15, 0.2) is 0 Å². The summed E-state index contributed by atoms with van der Waals surface area (Å²) in [5.41, 5.74) is 5.71. The maximum absolute atomic E-state index is 13.0. The summed E-state index contributed by atoms with van der Waals surface area (Å²) in [6.07, 6.45) is 5.32. The first kappa shape index (κ1) is 30.0. The van der Waals surface area contributed by atoms with Gasteiger partial charge in [0.05, 0.1) is 36.7 Å². The summed E-state index contributed by atoms with van der Waals surface area (Å²) in [5, 5.41) is 18.7. The van der Waals surface area contributed by atoms with Crippen molar-refractivity contribution in [3.63, 3.8) is 0 Å². The van der Waals surface area contributed by atoms with E-state index in [9.17, 15) is 14.7 Å². The standard InChI is InChI=1S/C37H40N4O5/c1-39-31-24-45-21-7-6-20-41-35-27(14-9-15-29(35)34(31)30(38-39)23-40-19-5-4-18-33(40)42)28(36(41)37(43)44)16-10-22-46-32-17-8-12-25-11-2-3-13-26(25)32/h2-3,8-9,11-15,17H,4-7,10,16,18-24H2,1H3,(H,43,44). The lowest BCUT2D eigenvalue weighted by atomic mass is 9.97. The number of carbonyl (C=O) groups excluding carboxylic acids is 1. The molecule has 0 unspecified atom stereocenters. The maximum atomic E-state index is 13.0. The van der Waals surface area contributed by atoms with Gasteiger partial charge in [-0.3, -0.25) is 9.48 Å². The molecule has 0 atom stereocenters. The second kappa shape index (κ2) is 13.0. The molecule has 0 radical (unpaired) electrons. The minimum Gasteiger partial charge on any atom is -0.493 e. The number of para-hydroxylation sites is 1. The lowest BCUT2D eigenvalue weighted by molar-refractivity contribution is -0.133. The number of amides is 1. The second-order valence-corrected chi connectivity index (χ2v) is 12.3. The first-order valence-corrected chi connectivity index (χ1v) is 16.4. The summed E-state index contributed by atoms with van der Waals surface area (Å²) >= 11 is 0. The number of carbonyl (C=O) groups is 2. The third-order valence-corrected chi connectivity index (χ3v) is 9.40. The summed E-state index contributed by atoms with van der Waals surface area (Å²) in [6.45, 7) is 3.15. The van der Waals surface area contributed by atoms with Crippen LogP contribution in [0.15, 0.2) is 60.7 Å². The Morgan fingerprint density at radius 2 is 1.78 bits per heavy atom. The third-order valence-electron chi connectivity index (χ3n) is 9.40. The number of carboxylic acids is 1. The first-order valence-electron chi connectivity index (χ1n) is 16.4. The van der Waals surface area contributed by atoms with Gasteiger partial charge >= 0.3 is 5.97 Å². The smallest absolute Gasteiger partial charge is 0.352 e. The summed E-state index contributed by atoms with van der Waals surface area (Å²) < 4.78 is 16.2. The van der Waals surface area contributed by atoms with Gasteiger partial charge in [-0.25, -0.2) is 4.79 Å². The Hall–Kier alpha value is -4.63. The fourth-order valence-electron chi connectivity index (χ4n) is 7.22. The lowest BCUT2D eigenvalue weighted by Gasteiger charge is -2.26. The van der Waals surface area contributed by atoms with E-state index in [4.69, 9.17) is 14.6 Å². The van der Waals surface area contributed by atoms with Crippen LogP contribution in [0.25, 0.3) is 32.8 Å². The van der Waals surface area contributed by atoms with Crippen LogP contribution < -0.4 is 4.74 Å². The molecule has 7 rings (SSSR count). The van der Waals surface area contributed by atoms with Crippen LogP contribution >= 0.6 is 0 Å². The van der Waals surface area contributed by atoms with Crippen LogP contribution in [0.1, 0.15) is 66.0 Å². The third kappa shape index (κ3) is 5.64. The summed E-state index contributed by atoms with van der Waals surface area (Å²) in [4.78, 5) is 27.7. The number of ether oxygens (including phenoxy) is 2. The van der Waals surface area contributed by atoms with Gasteiger partial charge in [0.2, 0.25) is 5.91 Å². The Morgan fingerprint density at radius 1 is 0.978 bits per heavy atom. The molecule has 1 N–H and O–H groups in total. The van der Waals surface area contributed by atoms with Crippen molar-refractivity contribution in [1.29, 1.82) is 0 Å². The lowest BCUT2D eigenvalue weighted by Crippen LogP contribution is -2.34. The molecule has 2 aliphatic rings. The molecule has 1 saturated heterocycles. The molecule has 238 valence electrons. The van der Waals surface area contributed by atoms with E-state index in [2.05, 4.69) is 24.3 Å². The van der Waals surface area contributed by atoms with Crippen LogP contribution in [0.3, 0.4) is 0 Å². The van der Waals surface area contributed by atoms with E-state index in [-0.39, 0.29) is 5.91 Å². The summed E-state index contributed by atoms with van der Waals surface area (Å²) in [6, 6.07) is 20.3.